The molecule has 1 saturated heterocycles. The van der Waals surface area contributed by atoms with E-state index in [9.17, 15) is 0 Å². The fraction of sp³-hybridized carbons (Fsp3) is 0.600. The van der Waals surface area contributed by atoms with Crippen LogP contribution in [0, 0.1) is 0 Å². The van der Waals surface area contributed by atoms with E-state index in [0.717, 1.165) is 32.1 Å². The molecule has 0 aliphatic carbocycles. The predicted octanol–water partition coefficient (Wildman–Crippen LogP) is 0.275. The van der Waals surface area contributed by atoms with Crippen LogP contribution in [0.15, 0.2) is 12.4 Å². The van der Waals surface area contributed by atoms with Crippen molar-refractivity contribution in [2.75, 3.05) is 31.2 Å². The second-order valence-corrected chi connectivity index (χ2v) is 11.0. The minimum absolute atomic E-state index is 0.809. The molecular weight excluding hydrogens is 297 g/mol. The summed E-state index contributed by atoms with van der Waals surface area (Å²) in [4.78, 5) is 15.6. The van der Waals surface area contributed by atoms with E-state index in [2.05, 4.69) is 30.8 Å². The fourth-order valence-electron chi connectivity index (χ4n) is 1.59. The monoisotopic (exact) mass is 314 g/mol. The molecule has 1 aromatic heterocycles. The molecule has 1 radical (unpaired) electrons. The Kier molecular flexibility index (Phi) is 3.80. The normalized spacial score (nSPS) is 17.1. The summed E-state index contributed by atoms with van der Waals surface area (Å²) in [5, 5.41) is 0. The average molecular weight is 313 g/mol. The maximum absolute atomic E-state index is 5.33. The van der Waals surface area contributed by atoms with Crippen LogP contribution in [0.3, 0.4) is 0 Å². The van der Waals surface area contributed by atoms with Gasteiger partial charge in [0.2, 0.25) is 0 Å². The van der Waals surface area contributed by atoms with E-state index in [-0.39, 0.29) is 0 Å². The Morgan fingerprint density at radius 1 is 1.27 bits per heavy atom. The van der Waals surface area contributed by atoms with Crippen LogP contribution in [0.1, 0.15) is 0 Å². The van der Waals surface area contributed by atoms with Crippen LogP contribution in [-0.2, 0) is 4.74 Å². The molecule has 0 bridgehead atoms. The van der Waals surface area contributed by atoms with Crippen molar-refractivity contribution in [3.05, 3.63) is 12.4 Å². The molecule has 2 rings (SSSR count). The van der Waals surface area contributed by atoms with Gasteiger partial charge in [0.25, 0.3) is 0 Å². The fourth-order valence-corrected chi connectivity index (χ4v) is 3.68. The molecule has 1 aromatic rings. The van der Waals surface area contributed by atoms with Gasteiger partial charge in [-0.15, -0.1) is 0 Å². The molecule has 0 amide bonds. The summed E-state index contributed by atoms with van der Waals surface area (Å²) in [6.07, 6.45) is 1.70. The van der Waals surface area contributed by atoms with Gasteiger partial charge in [-0.1, -0.05) is 0 Å². The Bertz CT molecular complexity index is 326. The Morgan fingerprint density at radius 2 is 2.00 bits per heavy atom. The van der Waals surface area contributed by atoms with E-state index in [1.807, 2.05) is 0 Å². The third-order valence-corrected chi connectivity index (χ3v) is 6.20. The van der Waals surface area contributed by atoms with Gasteiger partial charge in [-0.05, 0) is 0 Å². The summed E-state index contributed by atoms with van der Waals surface area (Å²) in [6, 6.07) is 2.17. The molecule has 1 fully saturated rings. The number of anilines is 1. The van der Waals surface area contributed by atoms with E-state index in [0.29, 0.717) is 0 Å². The molecule has 0 unspecified atom stereocenters. The third kappa shape index (κ3) is 2.81. The standard InChI is InChI=1S/C8H10N3O.2CH3.Sn/c1-2-9-7-10-8(1)11-3-5-12-6-4-11;;;/h1,7H,3-6H2;2*1H3;. The quantitative estimate of drug-likeness (QED) is 0.735. The maximum atomic E-state index is 5.33. The summed E-state index contributed by atoms with van der Waals surface area (Å²) in [5.74, 6) is 1.07. The van der Waals surface area contributed by atoms with Gasteiger partial charge in [0.1, 0.15) is 0 Å². The molecule has 4 nitrogen and oxygen atoms in total. The Morgan fingerprint density at radius 3 is 2.67 bits per heavy atom. The molecule has 15 heavy (non-hydrogen) atoms. The summed E-state index contributed by atoms with van der Waals surface area (Å²) in [7, 11) is 0. The second kappa shape index (κ2) is 5.11. The van der Waals surface area contributed by atoms with E-state index < -0.39 is 19.8 Å². The molecule has 0 spiro atoms. The van der Waals surface area contributed by atoms with Crippen molar-refractivity contribution in [1.29, 1.82) is 0 Å². The Labute approximate surface area is 97.4 Å². The first-order valence-corrected chi connectivity index (χ1v) is 12.4. The zero-order chi connectivity index (χ0) is 10.7. The molecular formula is C10H16N3OSn. The minimum atomic E-state index is -1.35. The first kappa shape index (κ1) is 11.1. The van der Waals surface area contributed by atoms with Gasteiger partial charge in [-0.25, -0.2) is 0 Å². The molecule has 5 heteroatoms. The van der Waals surface area contributed by atoms with Gasteiger partial charge in [-0.3, -0.25) is 0 Å². The third-order valence-electron chi connectivity index (χ3n) is 2.50. The molecule has 1 aliphatic heterocycles. The molecule has 81 valence electrons. The van der Waals surface area contributed by atoms with Crippen molar-refractivity contribution >= 4 is 29.3 Å². The van der Waals surface area contributed by atoms with Crippen LogP contribution in [-0.4, -0.2) is 56.0 Å². The van der Waals surface area contributed by atoms with Crippen molar-refractivity contribution in [2.45, 2.75) is 9.88 Å². The van der Waals surface area contributed by atoms with E-state index in [1.54, 1.807) is 6.33 Å². The first-order valence-electron chi connectivity index (χ1n) is 5.22. The van der Waals surface area contributed by atoms with Crippen LogP contribution >= 0.6 is 0 Å². The number of hydrogen-bond acceptors (Lipinski definition) is 4. The zero-order valence-electron chi connectivity index (χ0n) is 9.23. The zero-order valence-corrected chi connectivity index (χ0v) is 12.1. The summed E-state index contributed by atoms with van der Waals surface area (Å²) in [6.45, 7) is 3.51. The van der Waals surface area contributed by atoms with Crippen LogP contribution < -0.4 is 8.61 Å². The number of nitrogens with zero attached hydrogens (tertiary/aromatic N) is 3. The van der Waals surface area contributed by atoms with Crippen molar-refractivity contribution in [2.24, 2.45) is 0 Å². The second-order valence-electron chi connectivity index (χ2n) is 3.86. The van der Waals surface area contributed by atoms with E-state index in [4.69, 9.17) is 4.74 Å². The number of ether oxygens (including phenoxy) is 1. The van der Waals surface area contributed by atoms with E-state index in [1.165, 1.54) is 3.71 Å². The van der Waals surface area contributed by atoms with Crippen molar-refractivity contribution < 1.29 is 4.74 Å². The number of morpholine rings is 1. The van der Waals surface area contributed by atoms with Crippen LogP contribution in [0.5, 0.6) is 0 Å². The molecule has 2 heterocycles. The van der Waals surface area contributed by atoms with Gasteiger partial charge in [-0.2, -0.15) is 0 Å². The molecule has 1 aliphatic rings. The first-order chi connectivity index (χ1) is 7.27. The molecule has 0 atom stereocenters. The van der Waals surface area contributed by atoms with Crippen LogP contribution in [0.4, 0.5) is 5.82 Å². The summed E-state index contributed by atoms with van der Waals surface area (Å²) < 4.78 is 6.63. The van der Waals surface area contributed by atoms with E-state index >= 15 is 0 Å². The van der Waals surface area contributed by atoms with Crippen molar-refractivity contribution in [1.82, 2.24) is 9.97 Å². The van der Waals surface area contributed by atoms with Gasteiger partial charge in [0.15, 0.2) is 0 Å². The van der Waals surface area contributed by atoms with Crippen LogP contribution in [0.25, 0.3) is 0 Å². The van der Waals surface area contributed by atoms with Gasteiger partial charge < -0.3 is 0 Å². The molecule has 0 N–H and O–H groups in total. The molecule has 0 saturated carbocycles. The SMILES string of the molecule is [CH3][Sn]([CH3])[c]1cc(N2CCOCC2)ncn1. The van der Waals surface area contributed by atoms with Gasteiger partial charge in [0.05, 0.1) is 0 Å². The predicted molar refractivity (Wildman–Crippen MR) is 62.2 cm³/mol. The number of aromatic nitrogens is 2. The van der Waals surface area contributed by atoms with Crippen LogP contribution in [0.2, 0.25) is 9.88 Å². The summed E-state index contributed by atoms with van der Waals surface area (Å²) >= 11 is -1.35. The van der Waals surface area contributed by atoms with Gasteiger partial charge >= 0.3 is 97.5 Å². The average Bonchev–Trinajstić information content (AvgIpc) is 2.30. The molecule has 0 aromatic carbocycles. The summed E-state index contributed by atoms with van der Waals surface area (Å²) in [5.41, 5.74) is 0. The van der Waals surface area contributed by atoms with Crippen molar-refractivity contribution in [3.8, 4) is 0 Å². The Hall–Kier alpha value is -0.361. The van der Waals surface area contributed by atoms with Crippen molar-refractivity contribution in [3.63, 3.8) is 0 Å². The number of hydrogen-bond donors (Lipinski definition) is 0. The number of rotatable bonds is 2. The van der Waals surface area contributed by atoms with Gasteiger partial charge in [0, 0.05) is 0 Å². The Balaban J connectivity index is 2.16. The topological polar surface area (TPSA) is 38.2 Å².